The highest BCUT2D eigenvalue weighted by molar-refractivity contribution is 7.89. The van der Waals surface area contributed by atoms with Crippen molar-refractivity contribution in [1.82, 2.24) is 5.32 Å². The second-order valence-corrected chi connectivity index (χ2v) is 3.99. The number of carbonyl (C=O) groups is 1. The highest BCUT2D eigenvalue weighted by Crippen LogP contribution is 2.22. The molecular formula is C8H14NO7S-. The average Bonchev–Trinajstić information content (AvgIpc) is 2.29. The molecule has 1 rings (SSSR count). The van der Waals surface area contributed by atoms with Gasteiger partial charge in [-0.2, -0.15) is 0 Å². The van der Waals surface area contributed by atoms with E-state index in [2.05, 4.69) is 14.7 Å². The maximum Gasteiger partial charge on any atom is 0.217 e. The molecule has 1 fully saturated rings. The molecule has 0 aromatic heterocycles. The number of hydrogen-bond acceptors (Lipinski definition) is 8. The van der Waals surface area contributed by atoms with Crippen molar-refractivity contribution in [1.29, 1.82) is 0 Å². The molecule has 0 aromatic carbocycles. The minimum atomic E-state index is -0.525. The van der Waals surface area contributed by atoms with E-state index in [-0.39, 0.29) is 18.6 Å². The Kier molecular flexibility index (Phi) is 6.73. The smallest absolute Gasteiger partial charge is 0.217 e. The normalized spacial score (nSPS) is 29.0. The molecule has 0 spiro atoms. The fourth-order valence-corrected chi connectivity index (χ4v) is 1.94. The number of hydrogen-bond donors (Lipinski definition) is 2. The Hall–Kier alpha value is -0.420. The maximum absolute atomic E-state index is 10.9. The van der Waals surface area contributed by atoms with Gasteiger partial charge in [0.15, 0.2) is 12.3 Å². The van der Waals surface area contributed by atoms with Crippen LogP contribution in [0.4, 0.5) is 0 Å². The van der Waals surface area contributed by atoms with Crippen LogP contribution < -0.4 is 10.6 Å². The molecule has 1 saturated heterocycles. The van der Waals surface area contributed by atoms with E-state index >= 15 is 0 Å². The van der Waals surface area contributed by atoms with Gasteiger partial charge in [0.1, 0.15) is 12.2 Å². The molecule has 0 aliphatic carbocycles. The fourth-order valence-electron chi connectivity index (χ4n) is 1.58. The molecule has 100 valence electrons. The van der Waals surface area contributed by atoms with Gasteiger partial charge in [-0.05, 0) is 0 Å². The molecule has 0 saturated carbocycles. The Balaban J connectivity index is 2.40. The summed E-state index contributed by atoms with van der Waals surface area (Å²) in [5.74, 6) is -0.174. The zero-order chi connectivity index (χ0) is 12.7. The Bertz CT molecular complexity index is 242. The average molecular weight is 268 g/mol. The lowest BCUT2D eigenvalue weighted by atomic mass is 10.0. The van der Waals surface area contributed by atoms with Crippen LogP contribution in [0.2, 0.25) is 0 Å². The van der Waals surface area contributed by atoms with Crippen LogP contribution in [-0.4, -0.2) is 42.5 Å². The van der Waals surface area contributed by atoms with Gasteiger partial charge in [0, 0.05) is 13.3 Å². The third-order valence-corrected chi connectivity index (χ3v) is 2.69. The van der Waals surface area contributed by atoms with Gasteiger partial charge in [0.2, 0.25) is 5.91 Å². The van der Waals surface area contributed by atoms with Crippen LogP contribution in [0.25, 0.3) is 0 Å². The summed E-state index contributed by atoms with van der Waals surface area (Å²) in [5, 5.41) is 24.4. The molecule has 0 bridgehead atoms. The van der Waals surface area contributed by atoms with E-state index in [9.17, 15) is 10.1 Å². The number of rotatable bonds is 6. The third-order valence-electron chi connectivity index (χ3n) is 2.25. The summed E-state index contributed by atoms with van der Waals surface area (Å²) in [7, 11) is 0. The first kappa shape index (κ1) is 14.6. The fraction of sp³-hybridized carbons (Fsp3) is 0.875. The molecule has 3 atom stereocenters. The van der Waals surface area contributed by atoms with Crippen molar-refractivity contribution in [2.45, 2.75) is 31.6 Å². The van der Waals surface area contributed by atoms with Crippen LogP contribution in [-0.2, 0) is 23.1 Å². The number of aliphatic hydroxyl groups is 1. The largest absolute Gasteiger partial charge is 0.691 e. The number of aliphatic hydroxyl groups excluding tert-OH is 1. The highest BCUT2D eigenvalue weighted by atomic mass is 32.2. The topological polar surface area (TPSA) is 109 Å². The van der Waals surface area contributed by atoms with Crippen molar-refractivity contribution in [2.75, 3.05) is 13.2 Å². The first-order valence-corrected chi connectivity index (χ1v) is 5.62. The van der Waals surface area contributed by atoms with E-state index in [0.29, 0.717) is 25.4 Å². The predicted octanol–water partition coefficient (Wildman–Crippen LogP) is -1.56. The van der Waals surface area contributed by atoms with Crippen LogP contribution in [0.1, 0.15) is 13.3 Å². The third kappa shape index (κ3) is 5.17. The zero-order valence-electron chi connectivity index (χ0n) is 9.16. The summed E-state index contributed by atoms with van der Waals surface area (Å²) in [6, 6.07) is -0.200. The van der Waals surface area contributed by atoms with Gasteiger partial charge >= 0.3 is 0 Å². The van der Waals surface area contributed by atoms with Crippen molar-refractivity contribution in [3.63, 3.8) is 0 Å². The molecule has 17 heavy (non-hydrogen) atoms. The van der Waals surface area contributed by atoms with E-state index in [1.54, 1.807) is 0 Å². The van der Waals surface area contributed by atoms with Gasteiger partial charge < -0.3 is 20.4 Å². The van der Waals surface area contributed by atoms with Crippen molar-refractivity contribution in [2.24, 2.45) is 0 Å². The van der Waals surface area contributed by atoms with Crippen LogP contribution in [0, 0.1) is 0 Å². The molecule has 2 unspecified atom stereocenters. The summed E-state index contributed by atoms with van der Waals surface area (Å²) in [6.45, 7) is 1.47. The molecule has 1 amide bonds. The Morgan fingerprint density at radius 3 is 3.06 bits per heavy atom. The second-order valence-electron chi connectivity index (χ2n) is 3.53. The standard InChI is InChI=1S/C8H15NO7S/c1-5(11)9-6-2-7(14-17-16-15-12)8(3-10)13-4-6/h6-8,10,12H,2-4H2,1H3,(H,9,11)/p-1/t6?,7-,8?/m0/s1. The maximum atomic E-state index is 10.9. The highest BCUT2D eigenvalue weighted by Gasteiger charge is 2.32. The minimum Gasteiger partial charge on any atom is -0.691 e. The van der Waals surface area contributed by atoms with Gasteiger partial charge in [-0.15, -0.1) is 4.33 Å². The monoisotopic (exact) mass is 268 g/mol. The summed E-state index contributed by atoms with van der Waals surface area (Å²) >= 11 is 0.361. The van der Waals surface area contributed by atoms with Gasteiger partial charge in [0.25, 0.3) is 0 Å². The Morgan fingerprint density at radius 1 is 1.71 bits per heavy atom. The number of carbonyl (C=O) groups excluding carboxylic acids is 1. The van der Waals surface area contributed by atoms with Crippen LogP contribution >= 0.6 is 12.3 Å². The van der Waals surface area contributed by atoms with Gasteiger partial charge in [-0.3, -0.25) is 14.0 Å². The van der Waals surface area contributed by atoms with Crippen LogP contribution in [0.5, 0.6) is 0 Å². The minimum absolute atomic E-state index is 0.174. The van der Waals surface area contributed by atoms with Gasteiger partial charge in [0.05, 0.1) is 19.3 Å². The van der Waals surface area contributed by atoms with E-state index in [1.807, 2.05) is 0 Å². The van der Waals surface area contributed by atoms with E-state index in [0.717, 1.165) is 0 Å². The first-order valence-electron chi connectivity index (χ1n) is 4.95. The van der Waals surface area contributed by atoms with Crippen LogP contribution in [0.15, 0.2) is 0 Å². The number of ether oxygens (including phenoxy) is 1. The van der Waals surface area contributed by atoms with E-state index in [1.165, 1.54) is 6.92 Å². The lowest BCUT2D eigenvalue weighted by molar-refractivity contribution is -0.777. The van der Waals surface area contributed by atoms with Crippen LogP contribution in [0.3, 0.4) is 0 Å². The molecule has 1 aliphatic heterocycles. The number of amides is 1. The SMILES string of the molecule is CC(=O)NC1COC(CO)[C@@H](OSOO[O-])C1. The van der Waals surface area contributed by atoms with Crippen molar-refractivity contribution >= 4 is 18.2 Å². The Labute approximate surface area is 102 Å². The lowest BCUT2D eigenvalue weighted by Crippen LogP contribution is -2.50. The summed E-state index contributed by atoms with van der Waals surface area (Å²) < 4.78 is 14.3. The van der Waals surface area contributed by atoms with Crippen molar-refractivity contribution in [3.05, 3.63) is 0 Å². The molecule has 2 N–H and O–H groups in total. The van der Waals surface area contributed by atoms with E-state index in [4.69, 9.17) is 14.0 Å². The molecule has 1 heterocycles. The molecule has 0 aromatic rings. The molecule has 1 aliphatic rings. The lowest BCUT2D eigenvalue weighted by Gasteiger charge is -2.34. The van der Waals surface area contributed by atoms with Gasteiger partial charge in [-0.25, -0.2) is 0 Å². The zero-order valence-corrected chi connectivity index (χ0v) is 9.97. The van der Waals surface area contributed by atoms with Crippen molar-refractivity contribution in [3.8, 4) is 0 Å². The second kappa shape index (κ2) is 7.82. The molecule has 0 radical (unpaired) electrons. The molecular weight excluding hydrogens is 254 g/mol. The summed E-state index contributed by atoms with van der Waals surface area (Å²) in [5.41, 5.74) is 0. The quantitative estimate of drug-likeness (QED) is 0.258. The van der Waals surface area contributed by atoms with E-state index < -0.39 is 12.2 Å². The van der Waals surface area contributed by atoms with Crippen molar-refractivity contribution < 1.29 is 33.5 Å². The van der Waals surface area contributed by atoms with Gasteiger partial charge in [-0.1, -0.05) is 0 Å². The summed E-state index contributed by atoms with van der Waals surface area (Å²) in [4.78, 5) is 10.9. The summed E-state index contributed by atoms with van der Waals surface area (Å²) in [6.07, 6.45) is -0.589. The Morgan fingerprint density at radius 2 is 2.47 bits per heavy atom. The first-order chi connectivity index (χ1) is 8.17. The molecule has 8 nitrogen and oxygen atoms in total. The predicted molar refractivity (Wildman–Crippen MR) is 53.7 cm³/mol. The molecule has 9 heteroatoms. The number of nitrogens with one attached hydrogen (secondary N) is 1.